The molecule has 0 aliphatic carbocycles. The Kier molecular flexibility index (Phi) is 5.51. The molecular weight excluding hydrogens is 288 g/mol. The van der Waals surface area contributed by atoms with E-state index in [4.69, 9.17) is 12.2 Å². The molecule has 0 unspecified atom stereocenters. The van der Waals surface area contributed by atoms with Gasteiger partial charge >= 0.3 is 0 Å². The van der Waals surface area contributed by atoms with E-state index >= 15 is 0 Å². The van der Waals surface area contributed by atoms with Crippen LogP contribution >= 0.6 is 23.6 Å². The molecule has 0 aliphatic rings. The van der Waals surface area contributed by atoms with Gasteiger partial charge in [-0.05, 0) is 63.9 Å². The van der Waals surface area contributed by atoms with Crippen LogP contribution in [0.15, 0.2) is 17.5 Å². The first kappa shape index (κ1) is 15.4. The summed E-state index contributed by atoms with van der Waals surface area (Å²) in [4.78, 5) is 3.53. The zero-order valence-corrected chi connectivity index (χ0v) is 13.9. The van der Waals surface area contributed by atoms with Gasteiger partial charge in [-0.2, -0.15) is 5.10 Å². The van der Waals surface area contributed by atoms with Crippen molar-refractivity contribution in [2.45, 2.75) is 39.3 Å². The van der Waals surface area contributed by atoms with Gasteiger partial charge in [-0.15, -0.1) is 11.3 Å². The van der Waals surface area contributed by atoms with Crippen LogP contribution in [0.4, 0.5) is 0 Å². The Morgan fingerprint density at radius 2 is 2.25 bits per heavy atom. The maximum atomic E-state index is 5.33. The first-order chi connectivity index (χ1) is 9.59. The fourth-order valence-corrected chi connectivity index (χ4v) is 2.95. The smallest absolute Gasteiger partial charge is 0.195 e. The molecule has 6 heteroatoms. The molecule has 0 atom stereocenters. The average molecular weight is 310 g/mol. The number of H-pyrrole nitrogens is 1. The molecular formula is C14H22N4S2. The molecule has 20 heavy (non-hydrogen) atoms. The minimum atomic E-state index is 0.604. The van der Waals surface area contributed by atoms with Crippen LogP contribution in [0.5, 0.6) is 0 Å². The Labute approximate surface area is 129 Å². The van der Waals surface area contributed by atoms with E-state index in [1.807, 2.05) is 6.07 Å². The SMILES string of the molecule is CC(C)N(C)CCCCn1c(-c2cccs2)n[nH]c1=S. The van der Waals surface area contributed by atoms with Gasteiger partial charge in [0.05, 0.1) is 4.88 Å². The highest BCUT2D eigenvalue weighted by Crippen LogP contribution is 2.23. The molecule has 0 aliphatic heterocycles. The fraction of sp³-hybridized carbons (Fsp3) is 0.571. The van der Waals surface area contributed by atoms with Gasteiger partial charge in [-0.1, -0.05) is 6.07 Å². The maximum absolute atomic E-state index is 5.33. The topological polar surface area (TPSA) is 36.9 Å². The van der Waals surface area contributed by atoms with Crippen LogP contribution in [0.1, 0.15) is 26.7 Å². The molecule has 110 valence electrons. The number of hydrogen-bond donors (Lipinski definition) is 1. The van der Waals surface area contributed by atoms with Crippen molar-refractivity contribution in [3.8, 4) is 10.7 Å². The van der Waals surface area contributed by atoms with E-state index in [-0.39, 0.29) is 0 Å². The Hall–Kier alpha value is -0.980. The van der Waals surface area contributed by atoms with Crippen molar-refractivity contribution in [1.82, 2.24) is 19.7 Å². The summed E-state index contributed by atoms with van der Waals surface area (Å²) in [7, 11) is 2.17. The molecule has 0 saturated carbocycles. The summed E-state index contributed by atoms with van der Waals surface area (Å²) in [6.07, 6.45) is 2.29. The molecule has 0 fully saturated rings. The number of hydrogen-bond acceptors (Lipinski definition) is 4. The van der Waals surface area contributed by atoms with Crippen LogP contribution in [0.2, 0.25) is 0 Å². The van der Waals surface area contributed by atoms with Crippen molar-refractivity contribution in [1.29, 1.82) is 0 Å². The molecule has 0 saturated heterocycles. The minimum Gasteiger partial charge on any atom is -0.304 e. The molecule has 2 rings (SSSR count). The third kappa shape index (κ3) is 3.77. The second-order valence-corrected chi connectivity index (χ2v) is 6.60. The van der Waals surface area contributed by atoms with Crippen molar-refractivity contribution in [3.63, 3.8) is 0 Å². The number of thiophene rings is 1. The van der Waals surface area contributed by atoms with Gasteiger partial charge in [0.1, 0.15) is 0 Å². The van der Waals surface area contributed by atoms with Crippen molar-refractivity contribution < 1.29 is 0 Å². The van der Waals surface area contributed by atoms with E-state index in [0.717, 1.165) is 30.2 Å². The number of nitrogens with one attached hydrogen (secondary N) is 1. The predicted molar refractivity (Wildman–Crippen MR) is 87.7 cm³/mol. The second kappa shape index (κ2) is 7.15. The van der Waals surface area contributed by atoms with Crippen molar-refractivity contribution in [2.75, 3.05) is 13.6 Å². The first-order valence-corrected chi connectivity index (χ1v) is 8.27. The van der Waals surface area contributed by atoms with Gasteiger partial charge in [-0.3, -0.25) is 9.67 Å². The van der Waals surface area contributed by atoms with E-state index in [1.165, 1.54) is 6.42 Å². The van der Waals surface area contributed by atoms with Gasteiger partial charge in [0.25, 0.3) is 0 Å². The number of aromatic amines is 1. The first-order valence-electron chi connectivity index (χ1n) is 6.99. The largest absolute Gasteiger partial charge is 0.304 e. The summed E-state index contributed by atoms with van der Waals surface area (Å²) >= 11 is 7.02. The Bertz CT molecular complexity index is 568. The molecule has 2 aromatic heterocycles. The van der Waals surface area contributed by atoms with Crippen molar-refractivity contribution in [3.05, 3.63) is 22.3 Å². The van der Waals surface area contributed by atoms with Gasteiger partial charge < -0.3 is 4.90 Å². The molecule has 2 aromatic rings. The summed E-state index contributed by atoms with van der Waals surface area (Å²) in [5, 5.41) is 9.32. The zero-order chi connectivity index (χ0) is 14.5. The molecule has 0 bridgehead atoms. The van der Waals surface area contributed by atoms with E-state index < -0.39 is 0 Å². The van der Waals surface area contributed by atoms with E-state index in [1.54, 1.807) is 11.3 Å². The van der Waals surface area contributed by atoms with E-state index in [9.17, 15) is 0 Å². The summed E-state index contributed by atoms with van der Waals surface area (Å²) < 4.78 is 2.82. The summed E-state index contributed by atoms with van der Waals surface area (Å²) in [6, 6.07) is 4.73. The maximum Gasteiger partial charge on any atom is 0.195 e. The Morgan fingerprint density at radius 3 is 2.90 bits per heavy atom. The molecule has 0 spiro atoms. The van der Waals surface area contributed by atoms with Crippen LogP contribution in [-0.4, -0.2) is 39.3 Å². The van der Waals surface area contributed by atoms with E-state index in [0.29, 0.717) is 10.8 Å². The lowest BCUT2D eigenvalue weighted by molar-refractivity contribution is 0.266. The normalized spacial score (nSPS) is 11.7. The van der Waals surface area contributed by atoms with Crippen LogP contribution < -0.4 is 0 Å². The standard InChI is InChI=1S/C14H22N4S2/c1-11(2)17(3)8-4-5-9-18-13(15-16-14(18)19)12-7-6-10-20-12/h6-7,10-11H,4-5,8-9H2,1-3H3,(H,16,19). The van der Waals surface area contributed by atoms with Gasteiger partial charge in [-0.25, -0.2) is 0 Å². The van der Waals surface area contributed by atoms with Crippen molar-refractivity contribution >= 4 is 23.6 Å². The summed E-state index contributed by atoms with van der Waals surface area (Å²) in [5.41, 5.74) is 0. The average Bonchev–Trinajstić information content (AvgIpc) is 3.04. The van der Waals surface area contributed by atoms with Gasteiger partial charge in [0, 0.05) is 12.6 Å². The summed E-state index contributed by atoms with van der Waals surface area (Å²) in [6.45, 7) is 6.49. The van der Waals surface area contributed by atoms with Crippen LogP contribution in [0.3, 0.4) is 0 Å². The lowest BCUT2D eigenvalue weighted by Crippen LogP contribution is -2.27. The fourth-order valence-electron chi connectivity index (χ4n) is 2.01. The highest BCUT2D eigenvalue weighted by molar-refractivity contribution is 7.71. The number of unbranched alkanes of at least 4 members (excludes halogenated alkanes) is 1. The lowest BCUT2D eigenvalue weighted by atomic mass is 10.2. The molecule has 4 nitrogen and oxygen atoms in total. The zero-order valence-electron chi connectivity index (χ0n) is 12.3. The predicted octanol–water partition coefficient (Wildman–Crippen LogP) is 3.79. The van der Waals surface area contributed by atoms with E-state index in [2.05, 4.69) is 52.0 Å². The summed E-state index contributed by atoms with van der Waals surface area (Å²) in [5.74, 6) is 0.960. The molecule has 1 N–H and O–H groups in total. The number of nitrogens with zero attached hydrogens (tertiary/aromatic N) is 3. The van der Waals surface area contributed by atoms with Crippen LogP contribution in [0, 0.1) is 4.77 Å². The molecule has 0 radical (unpaired) electrons. The lowest BCUT2D eigenvalue weighted by Gasteiger charge is -2.20. The molecule has 0 aromatic carbocycles. The van der Waals surface area contributed by atoms with Crippen LogP contribution in [-0.2, 0) is 6.54 Å². The second-order valence-electron chi connectivity index (χ2n) is 5.26. The Balaban J connectivity index is 1.94. The molecule has 0 amide bonds. The third-order valence-corrected chi connectivity index (χ3v) is 4.70. The quantitative estimate of drug-likeness (QED) is 0.624. The van der Waals surface area contributed by atoms with Crippen LogP contribution in [0.25, 0.3) is 10.7 Å². The Morgan fingerprint density at radius 1 is 1.45 bits per heavy atom. The highest BCUT2D eigenvalue weighted by atomic mass is 32.1. The third-order valence-electron chi connectivity index (χ3n) is 3.52. The number of aromatic nitrogens is 3. The number of rotatable bonds is 7. The van der Waals surface area contributed by atoms with Gasteiger partial charge in [0.15, 0.2) is 10.6 Å². The van der Waals surface area contributed by atoms with Gasteiger partial charge in [0.2, 0.25) is 0 Å². The molecule has 2 heterocycles. The highest BCUT2D eigenvalue weighted by Gasteiger charge is 2.09. The van der Waals surface area contributed by atoms with Crippen molar-refractivity contribution in [2.24, 2.45) is 0 Å². The monoisotopic (exact) mass is 310 g/mol. The minimum absolute atomic E-state index is 0.604.